The van der Waals surface area contributed by atoms with Crippen molar-refractivity contribution >= 4 is 17.6 Å². The predicted molar refractivity (Wildman–Crippen MR) is 87.7 cm³/mol. The Morgan fingerprint density at radius 2 is 1.87 bits per heavy atom. The van der Waals surface area contributed by atoms with Crippen molar-refractivity contribution in [1.82, 2.24) is 15.5 Å². The molecular formula is C17H26N4O2. The maximum Gasteiger partial charge on any atom is 0.228 e. The van der Waals surface area contributed by atoms with E-state index in [1.54, 1.807) is 12.3 Å². The molecule has 2 saturated carbocycles. The van der Waals surface area contributed by atoms with E-state index in [-0.39, 0.29) is 23.8 Å². The molecule has 0 aromatic carbocycles. The van der Waals surface area contributed by atoms with Crippen LogP contribution in [0.15, 0.2) is 12.3 Å². The molecule has 0 unspecified atom stereocenters. The van der Waals surface area contributed by atoms with Crippen molar-refractivity contribution < 1.29 is 9.59 Å². The van der Waals surface area contributed by atoms with Gasteiger partial charge in [-0.3, -0.25) is 14.7 Å². The van der Waals surface area contributed by atoms with E-state index in [4.69, 9.17) is 0 Å². The zero-order valence-electron chi connectivity index (χ0n) is 13.5. The fourth-order valence-electron chi connectivity index (χ4n) is 3.82. The molecule has 2 amide bonds. The van der Waals surface area contributed by atoms with Crippen LogP contribution in [0.25, 0.3) is 0 Å². The van der Waals surface area contributed by atoms with Gasteiger partial charge in [-0.25, -0.2) is 0 Å². The number of carbonyl (C=O) groups is 2. The molecule has 0 bridgehead atoms. The van der Waals surface area contributed by atoms with E-state index in [9.17, 15) is 9.59 Å². The molecule has 2 aliphatic carbocycles. The van der Waals surface area contributed by atoms with Crippen LogP contribution in [0.1, 0.15) is 57.8 Å². The number of H-pyrrole nitrogens is 1. The number of carbonyl (C=O) groups excluding carboxylic acids is 2. The van der Waals surface area contributed by atoms with Crippen LogP contribution in [-0.2, 0) is 9.59 Å². The van der Waals surface area contributed by atoms with Gasteiger partial charge in [-0.1, -0.05) is 12.8 Å². The summed E-state index contributed by atoms with van der Waals surface area (Å²) in [6.45, 7) is 0. The van der Waals surface area contributed by atoms with Crippen LogP contribution >= 0.6 is 0 Å². The standard InChI is InChI=1S/C17H26N4O2/c22-16(11-12-3-1-2-4-12)19-14-7-5-13(6-8-14)17(23)20-15-9-10-18-21-15/h9-10,12-14H,1-8,11H2,(H,19,22)(H2,18,20,21,23). The zero-order valence-corrected chi connectivity index (χ0v) is 13.5. The van der Waals surface area contributed by atoms with Crippen molar-refractivity contribution in [1.29, 1.82) is 0 Å². The molecule has 0 radical (unpaired) electrons. The molecule has 126 valence electrons. The second-order valence-electron chi connectivity index (χ2n) is 6.93. The zero-order chi connectivity index (χ0) is 16.1. The van der Waals surface area contributed by atoms with Gasteiger partial charge in [0.25, 0.3) is 0 Å². The van der Waals surface area contributed by atoms with Gasteiger partial charge in [0.15, 0.2) is 0 Å². The summed E-state index contributed by atoms with van der Waals surface area (Å²) in [6.07, 6.45) is 10.7. The highest BCUT2D eigenvalue weighted by Gasteiger charge is 2.28. The minimum Gasteiger partial charge on any atom is -0.353 e. The third-order valence-electron chi connectivity index (χ3n) is 5.17. The lowest BCUT2D eigenvalue weighted by atomic mass is 9.85. The van der Waals surface area contributed by atoms with E-state index < -0.39 is 0 Å². The van der Waals surface area contributed by atoms with Crippen LogP contribution in [0.5, 0.6) is 0 Å². The third kappa shape index (κ3) is 4.56. The van der Waals surface area contributed by atoms with Crippen LogP contribution in [0, 0.1) is 11.8 Å². The summed E-state index contributed by atoms with van der Waals surface area (Å²) in [7, 11) is 0. The molecule has 0 spiro atoms. The summed E-state index contributed by atoms with van der Waals surface area (Å²) in [5.74, 6) is 1.50. The number of rotatable bonds is 5. The van der Waals surface area contributed by atoms with Crippen LogP contribution in [-0.4, -0.2) is 28.1 Å². The van der Waals surface area contributed by atoms with E-state index in [2.05, 4.69) is 20.8 Å². The minimum atomic E-state index is 0.0290. The third-order valence-corrected chi connectivity index (χ3v) is 5.17. The average Bonchev–Trinajstić information content (AvgIpc) is 3.21. The Bertz CT molecular complexity index is 515. The second-order valence-corrected chi connectivity index (χ2v) is 6.93. The van der Waals surface area contributed by atoms with Crippen molar-refractivity contribution in [3.05, 3.63) is 12.3 Å². The molecule has 0 atom stereocenters. The number of hydrogen-bond acceptors (Lipinski definition) is 3. The van der Waals surface area contributed by atoms with Crippen molar-refractivity contribution in [3.63, 3.8) is 0 Å². The predicted octanol–water partition coefficient (Wildman–Crippen LogP) is 2.60. The lowest BCUT2D eigenvalue weighted by Gasteiger charge is -2.28. The Labute approximate surface area is 136 Å². The Kier molecular flexibility index (Phi) is 5.31. The molecule has 1 aromatic rings. The summed E-state index contributed by atoms with van der Waals surface area (Å²) in [5, 5.41) is 12.6. The summed E-state index contributed by atoms with van der Waals surface area (Å²) in [5.41, 5.74) is 0. The quantitative estimate of drug-likeness (QED) is 0.780. The van der Waals surface area contributed by atoms with Crippen LogP contribution < -0.4 is 10.6 Å². The number of nitrogens with one attached hydrogen (secondary N) is 3. The first-order chi connectivity index (χ1) is 11.2. The Hall–Kier alpha value is -1.85. The molecule has 2 aliphatic rings. The number of aromatic nitrogens is 2. The highest BCUT2D eigenvalue weighted by molar-refractivity contribution is 5.91. The Morgan fingerprint density at radius 3 is 2.52 bits per heavy atom. The molecule has 23 heavy (non-hydrogen) atoms. The van der Waals surface area contributed by atoms with Gasteiger partial charge >= 0.3 is 0 Å². The van der Waals surface area contributed by atoms with Crippen LogP contribution in [0.4, 0.5) is 5.82 Å². The van der Waals surface area contributed by atoms with E-state index in [1.165, 1.54) is 25.7 Å². The van der Waals surface area contributed by atoms with Gasteiger partial charge in [0.2, 0.25) is 11.8 Å². The second kappa shape index (κ2) is 7.62. The van der Waals surface area contributed by atoms with Crippen molar-refractivity contribution in [2.24, 2.45) is 11.8 Å². The molecule has 1 heterocycles. The van der Waals surface area contributed by atoms with Crippen LogP contribution in [0.3, 0.4) is 0 Å². The number of amides is 2. The van der Waals surface area contributed by atoms with Crippen molar-refractivity contribution in [2.75, 3.05) is 5.32 Å². The number of hydrogen-bond donors (Lipinski definition) is 3. The van der Waals surface area contributed by atoms with Gasteiger partial charge in [-0.2, -0.15) is 5.10 Å². The summed E-state index contributed by atoms with van der Waals surface area (Å²) >= 11 is 0. The van der Waals surface area contributed by atoms with Gasteiger partial charge in [0.05, 0.1) is 6.20 Å². The average molecular weight is 318 g/mol. The van der Waals surface area contributed by atoms with Gasteiger partial charge in [0, 0.05) is 24.4 Å². The van der Waals surface area contributed by atoms with Gasteiger partial charge in [-0.05, 0) is 44.4 Å². The minimum absolute atomic E-state index is 0.0290. The number of aromatic amines is 1. The van der Waals surface area contributed by atoms with Crippen molar-refractivity contribution in [3.8, 4) is 0 Å². The number of anilines is 1. The molecule has 0 aliphatic heterocycles. The van der Waals surface area contributed by atoms with Crippen molar-refractivity contribution in [2.45, 2.75) is 63.8 Å². The first-order valence-electron chi connectivity index (χ1n) is 8.80. The highest BCUT2D eigenvalue weighted by atomic mass is 16.2. The molecule has 6 heteroatoms. The first kappa shape index (κ1) is 16.0. The molecule has 2 fully saturated rings. The smallest absolute Gasteiger partial charge is 0.228 e. The summed E-state index contributed by atoms with van der Waals surface area (Å²) in [6, 6.07) is 1.98. The SMILES string of the molecule is O=C(CC1CCCC1)NC1CCC(C(=O)Nc2ccn[nH]2)CC1. The Balaban J connectivity index is 1.37. The fraction of sp³-hybridized carbons (Fsp3) is 0.706. The highest BCUT2D eigenvalue weighted by Crippen LogP contribution is 2.28. The maximum absolute atomic E-state index is 12.2. The molecule has 3 N–H and O–H groups in total. The molecule has 0 saturated heterocycles. The lowest BCUT2D eigenvalue weighted by molar-refractivity contribution is -0.123. The monoisotopic (exact) mass is 318 g/mol. The molecule has 3 rings (SSSR count). The van der Waals surface area contributed by atoms with E-state index >= 15 is 0 Å². The van der Waals surface area contributed by atoms with Gasteiger partial charge in [-0.15, -0.1) is 0 Å². The summed E-state index contributed by atoms with van der Waals surface area (Å²) < 4.78 is 0. The van der Waals surface area contributed by atoms with Crippen LogP contribution in [0.2, 0.25) is 0 Å². The maximum atomic E-state index is 12.2. The van der Waals surface area contributed by atoms with Gasteiger partial charge in [0.1, 0.15) is 5.82 Å². The van der Waals surface area contributed by atoms with E-state index in [1.807, 2.05) is 0 Å². The Morgan fingerprint density at radius 1 is 1.13 bits per heavy atom. The molecular weight excluding hydrogens is 292 g/mol. The normalized spacial score (nSPS) is 25.2. The molecule has 1 aromatic heterocycles. The first-order valence-corrected chi connectivity index (χ1v) is 8.80. The number of nitrogens with zero attached hydrogens (tertiary/aromatic N) is 1. The largest absolute Gasteiger partial charge is 0.353 e. The summed E-state index contributed by atoms with van der Waals surface area (Å²) in [4.78, 5) is 24.3. The molecule has 6 nitrogen and oxygen atoms in total. The lowest BCUT2D eigenvalue weighted by Crippen LogP contribution is -2.40. The van der Waals surface area contributed by atoms with E-state index in [0.717, 1.165) is 25.7 Å². The fourth-order valence-corrected chi connectivity index (χ4v) is 3.82. The van der Waals surface area contributed by atoms with Gasteiger partial charge < -0.3 is 10.6 Å². The topological polar surface area (TPSA) is 86.9 Å². The van der Waals surface area contributed by atoms with E-state index in [0.29, 0.717) is 18.2 Å².